The fraction of sp³-hybridized carbons (Fsp3) is 0.200. The van der Waals surface area contributed by atoms with Crippen LogP contribution in [-0.4, -0.2) is 10.2 Å². The summed E-state index contributed by atoms with van der Waals surface area (Å²) >= 11 is 0. The van der Waals surface area contributed by atoms with Crippen molar-refractivity contribution in [3.8, 4) is 11.5 Å². The van der Waals surface area contributed by atoms with Gasteiger partial charge in [-0.15, -0.1) is 6.58 Å². The van der Waals surface area contributed by atoms with Crippen LogP contribution in [0.15, 0.2) is 30.9 Å². The Kier molecular flexibility index (Phi) is 2.93. The van der Waals surface area contributed by atoms with Crippen molar-refractivity contribution >= 4 is 0 Å². The molecule has 0 radical (unpaired) electrons. The van der Waals surface area contributed by atoms with Gasteiger partial charge in [0.15, 0.2) is 11.5 Å². The third-order valence-corrected chi connectivity index (χ3v) is 1.87. The molecule has 0 heterocycles. The standard InChI is InChI=1S/C10H13NO2/c1-2-4-8(11)7-5-3-6-9(12)10(7)13/h2-3,5-6,8,12-13H,1,4,11H2/t8-/m1/s1. The van der Waals surface area contributed by atoms with E-state index >= 15 is 0 Å². The number of hydrogen-bond donors (Lipinski definition) is 3. The Hall–Kier alpha value is -1.48. The number of rotatable bonds is 3. The summed E-state index contributed by atoms with van der Waals surface area (Å²) in [6.07, 6.45) is 2.24. The van der Waals surface area contributed by atoms with E-state index in [4.69, 9.17) is 5.73 Å². The van der Waals surface area contributed by atoms with Crippen LogP contribution in [0.4, 0.5) is 0 Å². The first-order valence-corrected chi connectivity index (χ1v) is 4.04. The molecule has 0 aliphatic heterocycles. The first kappa shape index (κ1) is 9.61. The smallest absolute Gasteiger partial charge is 0.162 e. The van der Waals surface area contributed by atoms with Crippen molar-refractivity contribution in [3.63, 3.8) is 0 Å². The molecular weight excluding hydrogens is 166 g/mol. The monoisotopic (exact) mass is 179 g/mol. The maximum Gasteiger partial charge on any atom is 0.162 e. The van der Waals surface area contributed by atoms with Gasteiger partial charge in [-0.05, 0) is 12.5 Å². The molecule has 0 amide bonds. The number of nitrogens with two attached hydrogens (primary N) is 1. The van der Waals surface area contributed by atoms with Gasteiger partial charge in [0.25, 0.3) is 0 Å². The molecule has 1 atom stereocenters. The predicted molar refractivity (Wildman–Crippen MR) is 51.5 cm³/mol. The molecule has 1 aromatic carbocycles. The van der Waals surface area contributed by atoms with E-state index in [-0.39, 0.29) is 17.5 Å². The maximum absolute atomic E-state index is 9.43. The predicted octanol–water partition coefficient (Wildman–Crippen LogP) is 1.67. The summed E-state index contributed by atoms with van der Waals surface area (Å²) in [6.45, 7) is 3.55. The van der Waals surface area contributed by atoms with Gasteiger partial charge in [-0.25, -0.2) is 0 Å². The SMILES string of the molecule is C=CC[C@@H](N)c1cccc(O)c1O. The van der Waals surface area contributed by atoms with Crippen molar-refractivity contribution in [3.05, 3.63) is 36.4 Å². The van der Waals surface area contributed by atoms with Crippen molar-refractivity contribution in [1.29, 1.82) is 0 Å². The van der Waals surface area contributed by atoms with Gasteiger partial charge in [0, 0.05) is 11.6 Å². The topological polar surface area (TPSA) is 66.5 Å². The molecule has 0 fully saturated rings. The zero-order valence-electron chi connectivity index (χ0n) is 7.27. The molecule has 1 rings (SSSR count). The fourth-order valence-electron chi connectivity index (χ4n) is 1.15. The van der Waals surface area contributed by atoms with Crippen LogP contribution < -0.4 is 5.73 Å². The molecule has 0 aromatic heterocycles. The van der Waals surface area contributed by atoms with Gasteiger partial charge in [0.05, 0.1) is 0 Å². The molecule has 1 aromatic rings. The van der Waals surface area contributed by atoms with Gasteiger partial charge in [-0.1, -0.05) is 18.2 Å². The summed E-state index contributed by atoms with van der Waals surface area (Å²) in [5, 5.41) is 18.6. The van der Waals surface area contributed by atoms with E-state index in [1.165, 1.54) is 6.07 Å². The minimum absolute atomic E-state index is 0.142. The average molecular weight is 179 g/mol. The van der Waals surface area contributed by atoms with E-state index in [0.717, 1.165) is 0 Å². The van der Waals surface area contributed by atoms with Crippen molar-refractivity contribution in [2.24, 2.45) is 5.73 Å². The Morgan fingerprint density at radius 2 is 2.15 bits per heavy atom. The van der Waals surface area contributed by atoms with E-state index < -0.39 is 0 Å². The van der Waals surface area contributed by atoms with Crippen LogP contribution >= 0.6 is 0 Å². The second-order valence-corrected chi connectivity index (χ2v) is 2.85. The molecule has 0 spiro atoms. The Labute approximate surface area is 77.1 Å². The average Bonchev–Trinajstić information content (AvgIpc) is 2.10. The third kappa shape index (κ3) is 2.00. The van der Waals surface area contributed by atoms with Gasteiger partial charge < -0.3 is 15.9 Å². The fourth-order valence-corrected chi connectivity index (χ4v) is 1.15. The second-order valence-electron chi connectivity index (χ2n) is 2.85. The second kappa shape index (κ2) is 3.96. The number of phenols is 2. The Morgan fingerprint density at radius 1 is 1.46 bits per heavy atom. The lowest BCUT2D eigenvalue weighted by Gasteiger charge is -2.11. The van der Waals surface area contributed by atoms with E-state index in [1.54, 1.807) is 18.2 Å². The van der Waals surface area contributed by atoms with Crippen molar-refractivity contribution in [2.45, 2.75) is 12.5 Å². The summed E-state index contributed by atoms with van der Waals surface area (Å²) in [5.74, 6) is -0.283. The normalized spacial score (nSPS) is 12.4. The molecule has 0 bridgehead atoms. The van der Waals surface area contributed by atoms with Crippen molar-refractivity contribution in [2.75, 3.05) is 0 Å². The third-order valence-electron chi connectivity index (χ3n) is 1.87. The summed E-state index contributed by atoms with van der Waals surface area (Å²) in [4.78, 5) is 0. The molecule has 0 saturated carbocycles. The van der Waals surface area contributed by atoms with Crippen LogP contribution in [-0.2, 0) is 0 Å². The number of para-hydroxylation sites is 1. The number of aromatic hydroxyl groups is 2. The molecular formula is C10H13NO2. The van der Waals surface area contributed by atoms with Crippen LogP contribution in [0.1, 0.15) is 18.0 Å². The minimum Gasteiger partial charge on any atom is -0.504 e. The molecule has 0 saturated heterocycles. The van der Waals surface area contributed by atoms with E-state index in [1.807, 2.05) is 0 Å². The van der Waals surface area contributed by atoms with Gasteiger partial charge in [-0.3, -0.25) is 0 Å². The summed E-state index contributed by atoms with van der Waals surface area (Å²) < 4.78 is 0. The number of hydrogen-bond acceptors (Lipinski definition) is 3. The largest absolute Gasteiger partial charge is 0.504 e. The molecule has 3 nitrogen and oxygen atoms in total. The number of benzene rings is 1. The van der Waals surface area contributed by atoms with Crippen LogP contribution in [0, 0.1) is 0 Å². The van der Waals surface area contributed by atoms with Crippen LogP contribution in [0.5, 0.6) is 11.5 Å². The lowest BCUT2D eigenvalue weighted by Crippen LogP contribution is -2.08. The Balaban J connectivity index is 3.00. The van der Waals surface area contributed by atoms with Crippen molar-refractivity contribution < 1.29 is 10.2 Å². The summed E-state index contributed by atoms with van der Waals surface area (Å²) in [7, 11) is 0. The van der Waals surface area contributed by atoms with E-state index in [0.29, 0.717) is 12.0 Å². The minimum atomic E-state index is -0.315. The first-order valence-electron chi connectivity index (χ1n) is 4.04. The molecule has 0 aliphatic rings. The summed E-state index contributed by atoms with van der Waals surface area (Å²) in [6, 6.07) is 4.43. The Bertz CT molecular complexity index is 310. The molecule has 70 valence electrons. The highest BCUT2D eigenvalue weighted by Crippen LogP contribution is 2.32. The molecule has 4 N–H and O–H groups in total. The molecule has 0 aliphatic carbocycles. The zero-order chi connectivity index (χ0) is 9.84. The lowest BCUT2D eigenvalue weighted by molar-refractivity contribution is 0.396. The van der Waals surface area contributed by atoms with Gasteiger partial charge in [0.2, 0.25) is 0 Å². The maximum atomic E-state index is 9.43. The Morgan fingerprint density at radius 3 is 2.77 bits per heavy atom. The first-order chi connectivity index (χ1) is 6.16. The van der Waals surface area contributed by atoms with E-state index in [2.05, 4.69) is 6.58 Å². The van der Waals surface area contributed by atoms with Crippen LogP contribution in [0.25, 0.3) is 0 Å². The highest BCUT2D eigenvalue weighted by atomic mass is 16.3. The van der Waals surface area contributed by atoms with Crippen LogP contribution in [0.3, 0.4) is 0 Å². The lowest BCUT2D eigenvalue weighted by atomic mass is 10.0. The molecule has 0 unspecified atom stereocenters. The summed E-state index contributed by atoms with van der Waals surface area (Å²) in [5.41, 5.74) is 6.27. The van der Waals surface area contributed by atoms with Crippen LogP contribution in [0.2, 0.25) is 0 Å². The highest BCUT2D eigenvalue weighted by molar-refractivity contribution is 5.45. The number of phenolic OH excluding ortho intramolecular Hbond substituents is 2. The molecule has 13 heavy (non-hydrogen) atoms. The van der Waals surface area contributed by atoms with Crippen molar-refractivity contribution in [1.82, 2.24) is 0 Å². The van der Waals surface area contributed by atoms with Gasteiger partial charge in [0.1, 0.15) is 0 Å². The van der Waals surface area contributed by atoms with Gasteiger partial charge in [-0.2, -0.15) is 0 Å². The van der Waals surface area contributed by atoms with Gasteiger partial charge >= 0.3 is 0 Å². The molecule has 3 heteroatoms. The zero-order valence-corrected chi connectivity index (χ0v) is 7.27. The van der Waals surface area contributed by atoms with E-state index in [9.17, 15) is 10.2 Å². The quantitative estimate of drug-likeness (QED) is 0.488. The highest BCUT2D eigenvalue weighted by Gasteiger charge is 2.11.